The second kappa shape index (κ2) is 8.89. The number of carbonyl (C=O) groups excluding carboxylic acids is 1. The number of amidine groups is 1. The highest BCUT2D eigenvalue weighted by atomic mass is 32.2. The summed E-state index contributed by atoms with van der Waals surface area (Å²) in [6.45, 7) is 2.96. The van der Waals surface area contributed by atoms with E-state index in [0.29, 0.717) is 0 Å². The minimum absolute atomic E-state index is 0.00984. The fraction of sp³-hybridized carbons (Fsp3) is 0.667. The van der Waals surface area contributed by atoms with Gasteiger partial charge in [0.05, 0.1) is 16.1 Å². The number of nitro benzene ring substituents is 1. The Labute approximate surface area is 197 Å². The maximum atomic E-state index is 14.1. The fourth-order valence-electron chi connectivity index (χ4n) is 6.83. The molecular formula is C24H31FN4O3S. The Morgan fingerprint density at radius 3 is 2.55 bits per heavy atom. The van der Waals surface area contributed by atoms with Crippen molar-refractivity contribution in [2.75, 3.05) is 17.6 Å². The van der Waals surface area contributed by atoms with E-state index in [4.69, 9.17) is 4.99 Å². The molecule has 1 N–H and O–H groups in total. The Morgan fingerprint density at radius 2 is 1.94 bits per heavy atom. The molecule has 4 aliphatic carbocycles. The Balaban J connectivity index is 1.29. The predicted molar refractivity (Wildman–Crippen MR) is 128 cm³/mol. The minimum atomic E-state index is -0.677. The number of aliphatic imine (C=N–C) groups is 1. The van der Waals surface area contributed by atoms with Crippen molar-refractivity contribution < 1.29 is 14.1 Å². The van der Waals surface area contributed by atoms with E-state index in [1.807, 2.05) is 0 Å². The maximum absolute atomic E-state index is 14.1. The van der Waals surface area contributed by atoms with Gasteiger partial charge in [-0.2, -0.15) is 0 Å². The van der Waals surface area contributed by atoms with E-state index >= 15 is 0 Å². The number of non-ortho nitro benzene ring substituents is 1. The van der Waals surface area contributed by atoms with Crippen LogP contribution in [0.25, 0.3) is 0 Å². The lowest BCUT2D eigenvalue weighted by Crippen LogP contribution is -2.50. The molecule has 1 aromatic rings. The smallest absolute Gasteiger partial charge is 0.271 e. The van der Waals surface area contributed by atoms with Crippen LogP contribution in [0.5, 0.6) is 0 Å². The molecule has 1 unspecified atom stereocenters. The number of nitro groups is 1. The molecule has 5 aliphatic rings. The number of hydrogen-bond acceptors (Lipinski definition) is 5. The molecule has 0 aromatic heterocycles. The maximum Gasteiger partial charge on any atom is 0.271 e. The van der Waals surface area contributed by atoms with Crippen molar-refractivity contribution >= 4 is 34.2 Å². The minimum Gasteiger partial charge on any atom is -0.347 e. The van der Waals surface area contributed by atoms with Crippen LogP contribution >= 0.6 is 11.8 Å². The molecular weight excluding hydrogens is 443 g/mol. The van der Waals surface area contributed by atoms with Gasteiger partial charge in [-0.3, -0.25) is 19.9 Å². The van der Waals surface area contributed by atoms with E-state index in [2.05, 4.69) is 17.1 Å². The van der Waals surface area contributed by atoms with Gasteiger partial charge >= 0.3 is 0 Å². The number of amides is 1. The van der Waals surface area contributed by atoms with Gasteiger partial charge in [0.15, 0.2) is 5.17 Å². The van der Waals surface area contributed by atoms with E-state index in [1.165, 1.54) is 38.5 Å². The molecule has 9 heteroatoms. The van der Waals surface area contributed by atoms with Crippen molar-refractivity contribution in [2.45, 2.75) is 69.9 Å². The van der Waals surface area contributed by atoms with Gasteiger partial charge < -0.3 is 10.2 Å². The number of carbonyl (C=O) groups is 1. The quantitative estimate of drug-likeness (QED) is 0.433. The highest BCUT2D eigenvalue weighted by molar-refractivity contribution is 8.14. The molecule has 1 amide bonds. The zero-order chi connectivity index (χ0) is 23.2. The number of thioether (sulfide) groups is 1. The lowest BCUT2D eigenvalue weighted by Gasteiger charge is -2.55. The van der Waals surface area contributed by atoms with Gasteiger partial charge in [0, 0.05) is 36.9 Å². The highest BCUT2D eigenvalue weighted by Crippen LogP contribution is 2.57. The van der Waals surface area contributed by atoms with Crippen LogP contribution in [0, 0.1) is 33.7 Å². The SMILES string of the molecule is CCCN1C(=NC23CC4CC(CC(C4)C2)C3)SCC1CC(=O)Nc1cc([N+](=O)[O-])ccc1F. The number of halogens is 1. The third kappa shape index (κ3) is 4.61. The van der Waals surface area contributed by atoms with Crippen LogP contribution in [-0.4, -0.2) is 44.8 Å². The van der Waals surface area contributed by atoms with Gasteiger partial charge in [0.1, 0.15) is 5.82 Å². The number of rotatable bonds is 7. The van der Waals surface area contributed by atoms with E-state index < -0.39 is 10.7 Å². The third-order valence-electron chi connectivity index (χ3n) is 7.75. The summed E-state index contributed by atoms with van der Waals surface area (Å²) >= 11 is 1.74. The first kappa shape index (κ1) is 22.6. The van der Waals surface area contributed by atoms with Crippen molar-refractivity contribution in [3.63, 3.8) is 0 Å². The second-order valence-electron chi connectivity index (χ2n) is 10.4. The molecule has 6 rings (SSSR count). The molecule has 33 heavy (non-hydrogen) atoms. The fourth-order valence-corrected chi connectivity index (χ4v) is 8.13. The van der Waals surface area contributed by atoms with Crippen molar-refractivity contribution in [1.82, 2.24) is 4.90 Å². The third-order valence-corrected chi connectivity index (χ3v) is 8.89. The number of nitrogens with zero attached hydrogens (tertiary/aromatic N) is 3. The number of nitrogens with one attached hydrogen (secondary N) is 1. The highest BCUT2D eigenvalue weighted by Gasteiger charge is 2.51. The molecule has 1 aromatic carbocycles. The molecule has 0 spiro atoms. The molecule has 1 aliphatic heterocycles. The topological polar surface area (TPSA) is 87.8 Å². The lowest BCUT2D eigenvalue weighted by molar-refractivity contribution is -0.384. The van der Waals surface area contributed by atoms with Gasteiger partial charge in [-0.25, -0.2) is 4.39 Å². The Bertz CT molecular complexity index is 949. The Hall–Kier alpha value is -2.16. The summed E-state index contributed by atoms with van der Waals surface area (Å²) in [6, 6.07) is 3.16. The van der Waals surface area contributed by atoms with Crippen molar-refractivity contribution in [3.05, 3.63) is 34.1 Å². The van der Waals surface area contributed by atoms with Gasteiger partial charge in [-0.15, -0.1) is 0 Å². The average molecular weight is 475 g/mol. The van der Waals surface area contributed by atoms with Crippen LogP contribution in [0.15, 0.2) is 23.2 Å². The summed E-state index contributed by atoms with van der Waals surface area (Å²) in [7, 11) is 0. The van der Waals surface area contributed by atoms with Crippen molar-refractivity contribution in [3.8, 4) is 0 Å². The van der Waals surface area contributed by atoms with Gasteiger partial charge in [0.25, 0.3) is 5.69 Å². The number of anilines is 1. The van der Waals surface area contributed by atoms with Crippen LogP contribution in [0.4, 0.5) is 15.8 Å². The molecule has 178 valence electrons. The Kier molecular flexibility index (Phi) is 6.09. The average Bonchev–Trinajstić information content (AvgIpc) is 3.09. The van der Waals surface area contributed by atoms with Crippen LogP contribution in [-0.2, 0) is 4.79 Å². The summed E-state index contributed by atoms with van der Waals surface area (Å²) in [5.41, 5.74) is -0.308. The second-order valence-corrected chi connectivity index (χ2v) is 11.4. The molecule has 1 heterocycles. The van der Waals surface area contributed by atoms with Gasteiger partial charge in [0.2, 0.25) is 5.91 Å². The normalized spacial score (nSPS) is 33.6. The van der Waals surface area contributed by atoms with E-state index in [0.717, 1.165) is 59.8 Å². The van der Waals surface area contributed by atoms with Crippen molar-refractivity contribution in [2.24, 2.45) is 22.7 Å². The van der Waals surface area contributed by atoms with Crippen LogP contribution in [0.2, 0.25) is 0 Å². The zero-order valence-corrected chi connectivity index (χ0v) is 19.8. The first-order valence-corrected chi connectivity index (χ1v) is 13.1. The van der Waals surface area contributed by atoms with Crippen molar-refractivity contribution in [1.29, 1.82) is 0 Å². The van der Waals surface area contributed by atoms with Crippen LogP contribution < -0.4 is 5.32 Å². The first-order valence-electron chi connectivity index (χ1n) is 12.1. The molecule has 5 fully saturated rings. The largest absolute Gasteiger partial charge is 0.347 e. The lowest BCUT2D eigenvalue weighted by atomic mass is 9.53. The summed E-state index contributed by atoms with van der Waals surface area (Å²) in [4.78, 5) is 30.8. The van der Waals surface area contributed by atoms with E-state index in [-0.39, 0.29) is 35.3 Å². The van der Waals surface area contributed by atoms with E-state index in [9.17, 15) is 19.3 Å². The molecule has 1 atom stereocenters. The molecule has 4 bridgehead atoms. The van der Waals surface area contributed by atoms with Crippen LogP contribution in [0.1, 0.15) is 58.3 Å². The predicted octanol–water partition coefficient (Wildman–Crippen LogP) is 5.21. The summed E-state index contributed by atoms with van der Waals surface area (Å²) in [5.74, 6) is 2.26. The molecule has 4 saturated carbocycles. The van der Waals surface area contributed by atoms with Gasteiger partial charge in [-0.1, -0.05) is 18.7 Å². The zero-order valence-electron chi connectivity index (χ0n) is 19.0. The first-order chi connectivity index (χ1) is 15.8. The molecule has 0 radical (unpaired) electrons. The van der Waals surface area contributed by atoms with Crippen LogP contribution in [0.3, 0.4) is 0 Å². The standard InChI is InChI=1S/C24H31FN4O3S/c1-2-5-28-19(10-22(30)26-21-9-18(29(31)32)3-4-20(21)25)14-33-23(28)27-24-11-15-6-16(12-24)8-17(7-15)13-24/h3-4,9,15-17,19H,2,5-8,10-14H2,1H3,(H,26,30). The summed E-state index contributed by atoms with van der Waals surface area (Å²) < 4.78 is 14.1. The molecule has 7 nitrogen and oxygen atoms in total. The van der Waals surface area contributed by atoms with Gasteiger partial charge in [-0.05, 0) is 68.8 Å². The number of hydrogen-bond donors (Lipinski definition) is 1. The summed E-state index contributed by atoms with van der Waals surface area (Å²) in [6.07, 6.45) is 8.93. The summed E-state index contributed by atoms with van der Waals surface area (Å²) in [5, 5.41) is 14.6. The monoisotopic (exact) mass is 474 g/mol. The molecule has 1 saturated heterocycles. The Morgan fingerprint density at radius 1 is 1.27 bits per heavy atom. The number of benzene rings is 1. The van der Waals surface area contributed by atoms with E-state index in [1.54, 1.807) is 11.8 Å².